The van der Waals surface area contributed by atoms with Crippen LogP contribution in [0.4, 0.5) is 5.69 Å². The predicted octanol–water partition coefficient (Wildman–Crippen LogP) is 3.73. The van der Waals surface area contributed by atoms with Gasteiger partial charge in [-0.25, -0.2) is 8.42 Å². The fourth-order valence-electron chi connectivity index (χ4n) is 2.05. The molecule has 0 saturated heterocycles. The lowest BCUT2D eigenvalue weighted by molar-refractivity contribution is -0.119. The molecule has 0 saturated carbocycles. The minimum absolute atomic E-state index is 0.160. The van der Waals surface area contributed by atoms with Crippen LogP contribution in [-0.2, 0) is 21.4 Å². The predicted molar refractivity (Wildman–Crippen MR) is 102 cm³/mol. The van der Waals surface area contributed by atoms with E-state index in [1.807, 2.05) is 0 Å². The Hall–Kier alpha value is -1.47. The molecule has 25 heavy (non-hydrogen) atoms. The first-order valence-electron chi connectivity index (χ1n) is 7.11. The summed E-state index contributed by atoms with van der Waals surface area (Å²) >= 11 is 17.7. The van der Waals surface area contributed by atoms with Gasteiger partial charge in [-0.2, -0.15) is 0 Å². The smallest absolute Gasteiger partial charge is 0.241 e. The zero-order chi connectivity index (χ0) is 18.6. The van der Waals surface area contributed by atoms with Crippen LogP contribution in [0.3, 0.4) is 0 Å². The van der Waals surface area contributed by atoms with Gasteiger partial charge in [0.25, 0.3) is 0 Å². The van der Waals surface area contributed by atoms with Crippen molar-refractivity contribution < 1.29 is 13.2 Å². The van der Waals surface area contributed by atoms with Crippen molar-refractivity contribution in [1.29, 1.82) is 0 Å². The normalized spacial score (nSPS) is 11.2. The highest BCUT2D eigenvalue weighted by molar-refractivity contribution is 7.92. The van der Waals surface area contributed by atoms with Gasteiger partial charge in [0.05, 0.1) is 11.9 Å². The largest absolute Gasteiger partial charge is 0.350 e. The molecule has 9 heteroatoms. The van der Waals surface area contributed by atoms with Crippen molar-refractivity contribution in [2.24, 2.45) is 0 Å². The second kappa shape index (κ2) is 8.27. The third-order valence-corrected chi connectivity index (χ3v) is 5.27. The fraction of sp³-hybridized carbons (Fsp3) is 0.188. The standard InChI is InChI=1S/C16H15Cl3N2O3S/c1-25(23,24)21(14-6-4-12(17)5-7-14)10-16(22)20-9-11-2-3-13(18)8-15(11)19/h2-8H,9-10H2,1H3,(H,20,22). The van der Waals surface area contributed by atoms with Crippen molar-refractivity contribution in [2.45, 2.75) is 6.54 Å². The molecule has 5 nitrogen and oxygen atoms in total. The molecular weight excluding hydrogens is 407 g/mol. The maximum Gasteiger partial charge on any atom is 0.241 e. The molecule has 2 aromatic carbocycles. The zero-order valence-electron chi connectivity index (χ0n) is 13.2. The molecule has 2 aromatic rings. The number of carbonyl (C=O) groups excluding carboxylic acids is 1. The number of hydrogen-bond acceptors (Lipinski definition) is 3. The number of nitrogens with one attached hydrogen (secondary N) is 1. The minimum atomic E-state index is -3.64. The molecule has 0 aliphatic carbocycles. The Morgan fingerprint density at radius 3 is 2.20 bits per heavy atom. The number of nitrogens with zero attached hydrogens (tertiary/aromatic N) is 1. The van der Waals surface area contributed by atoms with Crippen LogP contribution in [0.25, 0.3) is 0 Å². The van der Waals surface area contributed by atoms with Crippen LogP contribution in [0.2, 0.25) is 15.1 Å². The number of halogens is 3. The van der Waals surface area contributed by atoms with Gasteiger partial charge in [-0.15, -0.1) is 0 Å². The van der Waals surface area contributed by atoms with E-state index in [1.165, 1.54) is 12.1 Å². The lowest BCUT2D eigenvalue weighted by Gasteiger charge is -2.22. The molecule has 134 valence electrons. The average molecular weight is 422 g/mol. The molecule has 0 spiro atoms. The molecule has 0 atom stereocenters. The van der Waals surface area contributed by atoms with Crippen molar-refractivity contribution in [1.82, 2.24) is 5.32 Å². The highest BCUT2D eigenvalue weighted by atomic mass is 35.5. The number of carbonyl (C=O) groups is 1. The third-order valence-electron chi connectivity index (χ3n) is 3.29. The van der Waals surface area contributed by atoms with E-state index in [4.69, 9.17) is 34.8 Å². The van der Waals surface area contributed by atoms with Crippen LogP contribution >= 0.6 is 34.8 Å². The molecule has 0 heterocycles. The molecule has 2 rings (SSSR count). The molecule has 1 N–H and O–H groups in total. The van der Waals surface area contributed by atoms with Crippen LogP contribution in [0, 0.1) is 0 Å². The van der Waals surface area contributed by atoms with Gasteiger partial charge in [-0.3, -0.25) is 9.10 Å². The summed E-state index contributed by atoms with van der Waals surface area (Å²) in [5, 5.41) is 4.03. The molecule has 0 radical (unpaired) electrons. The number of anilines is 1. The van der Waals surface area contributed by atoms with Crippen LogP contribution in [0.15, 0.2) is 42.5 Å². The van der Waals surface area contributed by atoms with E-state index in [9.17, 15) is 13.2 Å². The summed E-state index contributed by atoms with van der Waals surface area (Å²) in [7, 11) is -3.64. The SMILES string of the molecule is CS(=O)(=O)N(CC(=O)NCc1ccc(Cl)cc1Cl)c1ccc(Cl)cc1. The Morgan fingerprint density at radius 2 is 1.64 bits per heavy atom. The molecule has 0 fully saturated rings. The van der Waals surface area contributed by atoms with E-state index in [0.717, 1.165) is 10.6 Å². The monoisotopic (exact) mass is 420 g/mol. The first kappa shape index (κ1) is 19.8. The van der Waals surface area contributed by atoms with Gasteiger partial charge in [-0.1, -0.05) is 40.9 Å². The van der Waals surface area contributed by atoms with Crippen molar-refractivity contribution in [3.05, 3.63) is 63.1 Å². The summed E-state index contributed by atoms with van der Waals surface area (Å²) in [5.41, 5.74) is 1.03. The average Bonchev–Trinajstić information content (AvgIpc) is 2.52. The van der Waals surface area contributed by atoms with Gasteiger partial charge >= 0.3 is 0 Å². The number of sulfonamides is 1. The van der Waals surface area contributed by atoms with Crippen molar-refractivity contribution in [3.63, 3.8) is 0 Å². The maximum atomic E-state index is 12.2. The number of rotatable bonds is 6. The molecule has 0 aromatic heterocycles. The van der Waals surface area contributed by atoms with Crippen molar-refractivity contribution >= 4 is 56.4 Å². The molecule has 0 aliphatic heterocycles. The van der Waals surface area contributed by atoms with Crippen molar-refractivity contribution in [2.75, 3.05) is 17.1 Å². The fourth-order valence-corrected chi connectivity index (χ4v) is 3.51. The van der Waals surface area contributed by atoms with Gasteiger partial charge < -0.3 is 5.32 Å². The van der Waals surface area contributed by atoms with E-state index in [-0.39, 0.29) is 13.1 Å². The maximum absolute atomic E-state index is 12.2. The summed E-state index contributed by atoms with van der Waals surface area (Å²) in [4.78, 5) is 12.2. The van der Waals surface area contributed by atoms with E-state index < -0.39 is 15.9 Å². The van der Waals surface area contributed by atoms with E-state index in [1.54, 1.807) is 30.3 Å². The van der Waals surface area contributed by atoms with Crippen LogP contribution < -0.4 is 9.62 Å². The van der Waals surface area contributed by atoms with Gasteiger partial charge in [0.2, 0.25) is 15.9 Å². The van der Waals surface area contributed by atoms with Gasteiger partial charge in [0, 0.05) is 21.6 Å². The summed E-state index contributed by atoms with van der Waals surface area (Å²) in [6.45, 7) is -0.196. The molecule has 0 aliphatic rings. The summed E-state index contributed by atoms with van der Waals surface area (Å²) in [6.07, 6.45) is 1.03. The highest BCUT2D eigenvalue weighted by Crippen LogP contribution is 2.22. The highest BCUT2D eigenvalue weighted by Gasteiger charge is 2.20. The van der Waals surface area contributed by atoms with Crippen LogP contribution in [0.1, 0.15) is 5.56 Å². The molecular formula is C16H15Cl3N2O3S. The Bertz CT molecular complexity index is 871. The second-order valence-corrected chi connectivity index (χ2v) is 8.45. The number of benzene rings is 2. The van der Waals surface area contributed by atoms with Crippen molar-refractivity contribution in [3.8, 4) is 0 Å². The van der Waals surface area contributed by atoms with Crippen LogP contribution in [-0.4, -0.2) is 27.1 Å². The molecule has 0 unspecified atom stereocenters. The number of hydrogen-bond donors (Lipinski definition) is 1. The lowest BCUT2D eigenvalue weighted by Crippen LogP contribution is -2.40. The third kappa shape index (κ3) is 5.78. The Morgan fingerprint density at radius 1 is 1.04 bits per heavy atom. The lowest BCUT2D eigenvalue weighted by atomic mass is 10.2. The summed E-state index contributed by atoms with van der Waals surface area (Å²) in [5.74, 6) is -0.466. The summed E-state index contributed by atoms with van der Waals surface area (Å²) < 4.78 is 25.0. The van der Waals surface area contributed by atoms with E-state index in [2.05, 4.69) is 5.32 Å². The minimum Gasteiger partial charge on any atom is -0.350 e. The molecule has 0 bridgehead atoms. The van der Waals surface area contributed by atoms with Crippen LogP contribution in [0.5, 0.6) is 0 Å². The topological polar surface area (TPSA) is 66.5 Å². The number of amides is 1. The van der Waals surface area contributed by atoms with Gasteiger partial charge in [0.15, 0.2) is 0 Å². The first-order chi connectivity index (χ1) is 11.7. The van der Waals surface area contributed by atoms with Gasteiger partial charge in [0.1, 0.15) is 6.54 Å². The van der Waals surface area contributed by atoms with E-state index in [0.29, 0.717) is 26.3 Å². The Labute approximate surface area is 161 Å². The Balaban J connectivity index is 2.08. The first-order valence-corrected chi connectivity index (χ1v) is 10.1. The molecule has 1 amide bonds. The second-order valence-electron chi connectivity index (χ2n) is 5.26. The van der Waals surface area contributed by atoms with Gasteiger partial charge in [-0.05, 0) is 42.0 Å². The van der Waals surface area contributed by atoms with E-state index >= 15 is 0 Å². The Kier molecular flexibility index (Phi) is 6.57. The summed E-state index contributed by atoms with van der Waals surface area (Å²) in [6, 6.07) is 11.1. The zero-order valence-corrected chi connectivity index (χ0v) is 16.3. The quantitative estimate of drug-likeness (QED) is 0.773.